The number of H-pyrrole nitrogens is 1. The van der Waals surface area contributed by atoms with E-state index < -0.39 is 21.7 Å². The summed E-state index contributed by atoms with van der Waals surface area (Å²) in [6.07, 6.45) is 6.45. The highest BCUT2D eigenvalue weighted by atomic mass is 32.2. The predicted molar refractivity (Wildman–Crippen MR) is 217 cm³/mol. The highest BCUT2D eigenvalue weighted by Gasteiger charge is 2.30. The summed E-state index contributed by atoms with van der Waals surface area (Å²) >= 11 is 0. The third kappa shape index (κ3) is 7.38. The van der Waals surface area contributed by atoms with Crippen LogP contribution < -0.4 is 20.3 Å². The monoisotopic (exact) mass is 833 g/mol. The number of urea groups is 1. The number of rotatable bonds is 11. The summed E-state index contributed by atoms with van der Waals surface area (Å²) in [6.45, 7) is 6.09. The van der Waals surface area contributed by atoms with Crippen molar-refractivity contribution in [2.45, 2.75) is 61.5 Å². The van der Waals surface area contributed by atoms with Crippen LogP contribution in [0.2, 0.25) is 0 Å². The van der Waals surface area contributed by atoms with Crippen LogP contribution in [0.25, 0.3) is 27.9 Å². The number of aromatic nitrogens is 9. The number of ether oxygens (including phenoxy) is 1. The smallest absolute Gasteiger partial charge is 0.329 e. The Morgan fingerprint density at radius 3 is 2.55 bits per heavy atom. The van der Waals surface area contributed by atoms with Gasteiger partial charge in [-0.05, 0) is 87.8 Å². The van der Waals surface area contributed by atoms with Gasteiger partial charge in [-0.2, -0.15) is 19.7 Å². The van der Waals surface area contributed by atoms with E-state index in [1.165, 1.54) is 33.9 Å². The lowest BCUT2D eigenvalue weighted by Gasteiger charge is -2.31. The van der Waals surface area contributed by atoms with Gasteiger partial charge >= 0.3 is 6.03 Å². The molecule has 9 rings (SSSR count). The Labute approximate surface area is 342 Å². The lowest BCUT2D eigenvalue weighted by atomic mass is 9.92. The van der Waals surface area contributed by atoms with E-state index in [2.05, 4.69) is 45.9 Å². The van der Waals surface area contributed by atoms with Crippen LogP contribution in [0.15, 0.2) is 83.1 Å². The zero-order valence-corrected chi connectivity index (χ0v) is 33.6. The molecule has 3 amide bonds. The molecule has 18 nitrogen and oxygen atoms in total. The molecule has 2 saturated heterocycles. The van der Waals surface area contributed by atoms with Crippen molar-refractivity contribution >= 4 is 55.9 Å². The van der Waals surface area contributed by atoms with E-state index in [0.29, 0.717) is 40.7 Å². The number of fused-ring (bicyclic) bond motifs is 2. The SMILES string of the molecule is CC(C)Oc1c(-c2cn[nH]c2)ncn2nc(Nc3ccc(S(=O)(=O)c4cccc(CN5CCC(c6ccc7c(N8CCC(=O)NC8=O)nn(C)c7n6)CC5)c4)cc3F)nc12. The van der Waals surface area contributed by atoms with Crippen molar-refractivity contribution in [3.8, 4) is 17.0 Å². The Morgan fingerprint density at radius 2 is 1.80 bits per heavy atom. The Hall–Kier alpha value is -6.80. The van der Waals surface area contributed by atoms with Crippen LogP contribution in [-0.2, 0) is 28.2 Å². The first kappa shape index (κ1) is 38.7. The molecule has 2 aliphatic heterocycles. The van der Waals surface area contributed by atoms with Crippen LogP contribution in [-0.4, -0.2) is 95.5 Å². The van der Waals surface area contributed by atoms with Gasteiger partial charge in [0, 0.05) is 49.9 Å². The van der Waals surface area contributed by atoms with Crippen molar-refractivity contribution in [3.05, 3.63) is 90.4 Å². The fraction of sp³-hybridized carbons (Fsp3) is 0.300. The third-order valence-corrected chi connectivity index (χ3v) is 12.3. The summed E-state index contributed by atoms with van der Waals surface area (Å²) in [5, 5.41) is 21.6. The van der Waals surface area contributed by atoms with Gasteiger partial charge < -0.3 is 10.1 Å². The van der Waals surface area contributed by atoms with Crippen molar-refractivity contribution < 1.29 is 27.1 Å². The van der Waals surface area contributed by atoms with Crippen molar-refractivity contribution in [3.63, 3.8) is 0 Å². The molecule has 20 heteroatoms. The minimum Gasteiger partial charge on any atom is -0.485 e. The largest absolute Gasteiger partial charge is 0.485 e. The molecule has 0 spiro atoms. The van der Waals surface area contributed by atoms with Gasteiger partial charge in [0.05, 0.1) is 33.2 Å². The number of likely N-dealkylation sites (tertiary alicyclic amines) is 1. The molecular weight excluding hydrogens is 794 g/mol. The molecule has 2 aliphatic rings. The number of aryl methyl sites for hydroxylation is 1. The van der Waals surface area contributed by atoms with E-state index in [9.17, 15) is 18.0 Å². The van der Waals surface area contributed by atoms with Crippen LogP contribution in [0, 0.1) is 5.82 Å². The summed E-state index contributed by atoms with van der Waals surface area (Å²) in [5.41, 5.74) is 3.96. The van der Waals surface area contributed by atoms with Gasteiger partial charge in [-0.15, -0.1) is 5.10 Å². The van der Waals surface area contributed by atoms with Gasteiger partial charge in [-0.1, -0.05) is 12.1 Å². The number of carbonyl (C=O) groups excluding carboxylic acids is 2. The number of benzene rings is 2. The predicted octanol–water partition coefficient (Wildman–Crippen LogP) is 5.12. The quantitative estimate of drug-likeness (QED) is 0.155. The van der Waals surface area contributed by atoms with Gasteiger partial charge in [-0.3, -0.25) is 25.0 Å². The van der Waals surface area contributed by atoms with Crippen molar-refractivity contribution in [1.29, 1.82) is 0 Å². The molecule has 308 valence electrons. The minimum absolute atomic E-state index is 0.0122. The second-order valence-electron chi connectivity index (χ2n) is 15.1. The van der Waals surface area contributed by atoms with Gasteiger partial charge in [-0.25, -0.2) is 32.3 Å². The van der Waals surface area contributed by atoms with Crippen LogP contribution >= 0.6 is 0 Å². The number of aromatic amines is 1. The van der Waals surface area contributed by atoms with E-state index in [1.54, 1.807) is 36.3 Å². The molecule has 0 saturated carbocycles. The number of hydrogen-bond acceptors (Lipinski definition) is 13. The summed E-state index contributed by atoms with van der Waals surface area (Å²) in [6, 6.07) is 13.9. The van der Waals surface area contributed by atoms with Crippen LogP contribution in [0.3, 0.4) is 0 Å². The van der Waals surface area contributed by atoms with E-state index in [1.807, 2.05) is 32.0 Å². The number of anilines is 3. The number of imide groups is 1. The number of carbonyl (C=O) groups is 2. The number of halogens is 1. The first-order valence-corrected chi connectivity index (χ1v) is 20.9. The third-order valence-electron chi connectivity index (χ3n) is 10.6. The van der Waals surface area contributed by atoms with Gasteiger partial charge in [0.15, 0.2) is 17.2 Å². The number of nitrogens with zero attached hydrogens (tertiary/aromatic N) is 10. The number of sulfone groups is 1. The van der Waals surface area contributed by atoms with Crippen LogP contribution in [0.1, 0.15) is 50.3 Å². The first-order chi connectivity index (χ1) is 28.9. The lowest BCUT2D eigenvalue weighted by molar-refractivity contribution is -0.120. The number of piperidine rings is 1. The Kier molecular flexibility index (Phi) is 9.95. The maximum atomic E-state index is 15.6. The average molecular weight is 834 g/mol. The molecule has 5 aromatic heterocycles. The number of hydrogen-bond donors (Lipinski definition) is 3. The van der Waals surface area contributed by atoms with E-state index >= 15 is 4.39 Å². The molecule has 0 radical (unpaired) electrons. The molecule has 0 aliphatic carbocycles. The molecule has 7 aromatic rings. The molecule has 7 heterocycles. The van der Waals surface area contributed by atoms with E-state index in [-0.39, 0.29) is 52.3 Å². The molecule has 60 heavy (non-hydrogen) atoms. The maximum Gasteiger partial charge on any atom is 0.329 e. The van der Waals surface area contributed by atoms with Crippen molar-refractivity contribution in [1.82, 2.24) is 54.8 Å². The molecule has 2 aromatic carbocycles. The lowest BCUT2D eigenvalue weighted by Crippen LogP contribution is -2.49. The molecule has 3 N–H and O–H groups in total. The standard InChI is InChI=1S/C40H40FN13O5S/c1-23(2)59-35-34(26-19-43-44-20-26)42-22-54-38(35)48-39(50-54)46-32-9-7-28(18-30(32)41)60(57,58)27-6-4-5-24(17-27)21-52-14-11-25(12-15-52)31-10-8-29-36(45-31)51(3)49-37(29)53-16-13-33(55)47-40(53)56/h4-10,17-20,22-23,25H,11-16,21H2,1-3H3,(H,43,44)(H,46,50)(H,47,55,56). The summed E-state index contributed by atoms with van der Waals surface area (Å²) < 4.78 is 52.3. The maximum absolute atomic E-state index is 15.6. The zero-order chi connectivity index (χ0) is 41.7. The van der Waals surface area contributed by atoms with Crippen molar-refractivity contribution in [2.75, 3.05) is 29.9 Å². The minimum atomic E-state index is -4.07. The highest BCUT2D eigenvalue weighted by Crippen LogP contribution is 2.35. The Morgan fingerprint density at radius 1 is 0.983 bits per heavy atom. The molecule has 0 unspecified atom stereocenters. The second kappa shape index (κ2) is 15.4. The fourth-order valence-electron chi connectivity index (χ4n) is 7.62. The van der Waals surface area contributed by atoms with Crippen LogP contribution in [0.4, 0.5) is 26.6 Å². The molecule has 2 fully saturated rings. The van der Waals surface area contributed by atoms with E-state index in [0.717, 1.165) is 48.6 Å². The summed E-state index contributed by atoms with van der Waals surface area (Å²) in [7, 11) is -2.28. The topological polar surface area (TPSA) is 211 Å². The normalized spacial score (nSPS) is 15.7. The molecular formula is C40H40FN13O5S. The Bertz CT molecular complexity index is 2890. The number of nitrogens with one attached hydrogen (secondary N) is 3. The fourth-order valence-corrected chi connectivity index (χ4v) is 8.96. The number of amides is 3. The first-order valence-electron chi connectivity index (χ1n) is 19.4. The van der Waals surface area contributed by atoms with Gasteiger partial charge in [0.25, 0.3) is 0 Å². The van der Waals surface area contributed by atoms with Crippen molar-refractivity contribution in [2.24, 2.45) is 7.05 Å². The molecule has 0 atom stereocenters. The van der Waals surface area contributed by atoms with Gasteiger partial charge in [0.2, 0.25) is 27.3 Å². The highest BCUT2D eigenvalue weighted by molar-refractivity contribution is 7.91. The zero-order valence-electron chi connectivity index (χ0n) is 32.8. The number of pyridine rings is 1. The summed E-state index contributed by atoms with van der Waals surface area (Å²) in [5.74, 6) is 0.0115. The van der Waals surface area contributed by atoms with E-state index in [4.69, 9.17) is 9.72 Å². The average Bonchev–Trinajstić information content (AvgIpc) is 3.99. The van der Waals surface area contributed by atoms with Crippen LogP contribution in [0.5, 0.6) is 5.75 Å². The van der Waals surface area contributed by atoms with Gasteiger partial charge in [0.1, 0.15) is 17.8 Å². The second-order valence-corrected chi connectivity index (χ2v) is 17.0. The Balaban J connectivity index is 0.857. The molecule has 0 bridgehead atoms. The summed E-state index contributed by atoms with van der Waals surface area (Å²) in [4.78, 5) is 41.7.